The van der Waals surface area contributed by atoms with Crippen LogP contribution in [0.5, 0.6) is 0 Å². The van der Waals surface area contributed by atoms with E-state index in [1.807, 2.05) is 43.3 Å². The molecule has 1 unspecified atom stereocenters. The first-order valence-electron chi connectivity index (χ1n) is 5.21. The van der Waals surface area contributed by atoms with Crippen LogP contribution < -0.4 is 11.5 Å². The van der Waals surface area contributed by atoms with Crippen molar-refractivity contribution in [3.63, 3.8) is 0 Å². The fourth-order valence-electron chi connectivity index (χ4n) is 1.82. The summed E-state index contributed by atoms with van der Waals surface area (Å²) in [6.45, 7) is 2.00. The van der Waals surface area contributed by atoms with Crippen molar-refractivity contribution < 1.29 is 0 Å². The van der Waals surface area contributed by atoms with Crippen LogP contribution in [-0.2, 0) is 0 Å². The maximum Gasteiger partial charge on any atom is 0.128 e. The fourth-order valence-corrected chi connectivity index (χ4v) is 1.82. The van der Waals surface area contributed by atoms with Gasteiger partial charge in [0, 0.05) is 11.8 Å². The summed E-state index contributed by atoms with van der Waals surface area (Å²) in [6.07, 6.45) is 1.70. The van der Waals surface area contributed by atoms with E-state index in [9.17, 15) is 0 Å². The highest BCUT2D eigenvalue weighted by Crippen LogP contribution is 2.25. The van der Waals surface area contributed by atoms with Crippen LogP contribution >= 0.6 is 0 Å². The van der Waals surface area contributed by atoms with Crippen LogP contribution in [0.1, 0.15) is 22.7 Å². The van der Waals surface area contributed by atoms with Crippen molar-refractivity contribution in [3.05, 3.63) is 59.3 Å². The molecule has 1 aromatic carbocycles. The molecule has 3 heteroatoms. The molecule has 0 spiro atoms. The summed E-state index contributed by atoms with van der Waals surface area (Å²) in [5.41, 5.74) is 15.1. The molecule has 4 N–H and O–H groups in total. The summed E-state index contributed by atoms with van der Waals surface area (Å²) in [5, 5.41) is 0. The van der Waals surface area contributed by atoms with Gasteiger partial charge in [-0.2, -0.15) is 0 Å². The molecule has 82 valence electrons. The van der Waals surface area contributed by atoms with E-state index in [4.69, 9.17) is 11.5 Å². The third kappa shape index (κ3) is 1.90. The minimum Gasteiger partial charge on any atom is -0.383 e. The second kappa shape index (κ2) is 4.33. The number of rotatable bonds is 2. The van der Waals surface area contributed by atoms with Gasteiger partial charge in [-0.25, -0.2) is 4.98 Å². The van der Waals surface area contributed by atoms with E-state index < -0.39 is 0 Å². The van der Waals surface area contributed by atoms with Crippen LogP contribution in [0.2, 0.25) is 0 Å². The van der Waals surface area contributed by atoms with E-state index >= 15 is 0 Å². The molecular weight excluding hydrogens is 198 g/mol. The number of aromatic nitrogens is 1. The zero-order chi connectivity index (χ0) is 11.5. The molecule has 0 saturated heterocycles. The van der Waals surface area contributed by atoms with Crippen molar-refractivity contribution in [3.8, 4) is 0 Å². The monoisotopic (exact) mass is 213 g/mol. The van der Waals surface area contributed by atoms with Gasteiger partial charge in [-0.1, -0.05) is 30.3 Å². The Hall–Kier alpha value is -1.87. The number of nitrogens with two attached hydrogens (primary N) is 2. The maximum atomic E-state index is 6.20. The lowest BCUT2D eigenvalue weighted by molar-refractivity contribution is 0.857. The van der Waals surface area contributed by atoms with Crippen molar-refractivity contribution in [2.75, 3.05) is 5.73 Å². The Bertz CT molecular complexity index is 460. The quantitative estimate of drug-likeness (QED) is 0.802. The number of aryl methyl sites for hydroxylation is 1. The highest BCUT2D eigenvalue weighted by molar-refractivity contribution is 5.49. The molecular formula is C13H15N3. The van der Waals surface area contributed by atoms with Gasteiger partial charge in [-0.3, -0.25) is 0 Å². The van der Waals surface area contributed by atoms with E-state index in [0.717, 1.165) is 16.7 Å². The molecule has 0 fully saturated rings. The average Bonchev–Trinajstić information content (AvgIpc) is 2.30. The number of hydrogen-bond acceptors (Lipinski definition) is 3. The molecule has 2 aromatic rings. The first kappa shape index (κ1) is 10.6. The van der Waals surface area contributed by atoms with E-state index in [1.165, 1.54) is 0 Å². The first-order chi connectivity index (χ1) is 7.70. The molecule has 0 aliphatic rings. The zero-order valence-corrected chi connectivity index (χ0v) is 9.22. The van der Waals surface area contributed by atoms with E-state index in [2.05, 4.69) is 4.98 Å². The van der Waals surface area contributed by atoms with Crippen LogP contribution in [0, 0.1) is 6.92 Å². The van der Waals surface area contributed by atoms with Crippen LogP contribution in [0.15, 0.2) is 42.6 Å². The molecule has 1 atom stereocenters. The van der Waals surface area contributed by atoms with Gasteiger partial charge in [0.15, 0.2) is 0 Å². The normalized spacial score (nSPS) is 12.4. The molecule has 0 aliphatic carbocycles. The van der Waals surface area contributed by atoms with Gasteiger partial charge in [0.1, 0.15) is 5.82 Å². The Labute approximate surface area is 95.1 Å². The fraction of sp³-hybridized carbons (Fsp3) is 0.154. The lowest BCUT2D eigenvalue weighted by Gasteiger charge is -2.16. The minimum absolute atomic E-state index is 0.213. The van der Waals surface area contributed by atoms with Crippen molar-refractivity contribution in [2.24, 2.45) is 5.73 Å². The summed E-state index contributed by atoms with van der Waals surface area (Å²) in [7, 11) is 0. The van der Waals surface area contributed by atoms with Crippen LogP contribution in [-0.4, -0.2) is 4.98 Å². The average molecular weight is 213 g/mol. The highest BCUT2D eigenvalue weighted by atomic mass is 14.8. The Morgan fingerprint density at radius 1 is 1.12 bits per heavy atom. The van der Waals surface area contributed by atoms with Gasteiger partial charge < -0.3 is 11.5 Å². The third-order valence-corrected chi connectivity index (χ3v) is 2.71. The SMILES string of the molecule is Cc1ccnc(N)c1C(N)c1ccccc1. The molecule has 1 aromatic heterocycles. The number of benzene rings is 1. The predicted octanol–water partition coefficient (Wildman–Crippen LogP) is 2.02. The molecule has 16 heavy (non-hydrogen) atoms. The molecule has 0 amide bonds. The first-order valence-corrected chi connectivity index (χ1v) is 5.21. The summed E-state index contributed by atoms with van der Waals surface area (Å²) in [4.78, 5) is 4.08. The lowest BCUT2D eigenvalue weighted by Crippen LogP contribution is -2.16. The van der Waals surface area contributed by atoms with Crippen LogP contribution in [0.4, 0.5) is 5.82 Å². The number of nitrogen functional groups attached to an aromatic ring is 1. The van der Waals surface area contributed by atoms with E-state index in [0.29, 0.717) is 5.82 Å². The zero-order valence-electron chi connectivity index (χ0n) is 9.22. The Morgan fingerprint density at radius 3 is 2.44 bits per heavy atom. The second-order valence-corrected chi connectivity index (χ2v) is 3.82. The van der Waals surface area contributed by atoms with E-state index in [-0.39, 0.29) is 6.04 Å². The van der Waals surface area contributed by atoms with Gasteiger partial charge >= 0.3 is 0 Å². The topological polar surface area (TPSA) is 64.9 Å². The van der Waals surface area contributed by atoms with Crippen LogP contribution in [0.3, 0.4) is 0 Å². The molecule has 0 aliphatic heterocycles. The Balaban J connectivity index is 2.46. The van der Waals surface area contributed by atoms with Crippen molar-refractivity contribution in [1.29, 1.82) is 0 Å². The largest absolute Gasteiger partial charge is 0.383 e. The van der Waals surface area contributed by atoms with Gasteiger partial charge in [0.2, 0.25) is 0 Å². The standard InChI is InChI=1S/C13H15N3/c1-9-7-8-16-13(15)11(9)12(14)10-5-3-2-4-6-10/h2-8,12H,14H2,1H3,(H2,15,16). The lowest BCUT2D eigenvalue weighted by atomic mass is 9.97. The van der Waals surface area contributed by atoms with Crippen molar-refractivity contribution in [2.45, 2.75) is 13.0 Å². The molecule has 2 rings (SSSR count). The summed E-state index contributed by atoms with van der Waals surface area (Å²) < 4.78 is 0. The minimum atomic E-state index is -0.213. The third-order valence-electron chi connectivity index (χ3n) is 2.71. The van der Waals surface area contributed by atoms with Gasteiger partial charge in [0.25, 0.3) is 0 Å². The number of pyridine rings is 1. The second-order valence-electron chi connectivity index (χ2n) is 3.82. The van der Waals surface area contributed by atoms with Crippen molar-refractivity contribution in [1.82, 2.24) is 4.98 Å². The number of hydrogen-bond donors (Lipinski definition) is 2. The Kier molecular flexibility index (Phi) is 2.88. The van der Waals surface area contributed by atoms with Gasteiger partial charge in [-0.05, 0) is 24.1 Å². The predicted molar refractivity (Wildman–Crippen MR) is 65.9 cm³/mol. The molecule has 0 bridgehead atoms. The van der Waals surface area contributed by atoms with Crippen molar-refractivity contribution >= 4 is 5.82 Å². The highest BCUT2D eigenvalue weighted by Gasteiger charge is 2.14. The van der Waals surface area contributed by atoms with Gasteiger partial charge in [-0.15, -0.1) is 0 Å². The molecule has 1 heterocycles. The number of anilines is 1. The summed E-state index contributed by atoms with van der Waals surface area (Å²) >= 11 is 0. The summed E-state index contributed by atoms with van der Waals surface area (Å²) in [6, 6.07) is 11.6. The van der Waals surface area contributed by atoms with Gasteiger partial charge in [0.05, 0.1) is 6.04 Å². The van der Waals surface area contributed by atoms with Crippen LogP contribution in [0.25, 0.3) is 0 Å². The Morgan fingerprint density at radius 2 is 1.81 bits per heavy atom. The molecule has 0 radical (unpaired) electrons. The smallest absolute Gasteiger partial charge is 0.128 e. The molecule has 0 saturated carbocycles. The maximum absolute atomic E-state index is 6.20. The molecule has 3 nitrogen and oxygen atoms in total. The van der Waals surface area contributed by atoms with E-state index in [1.54, 1.807) is 6.20 Å². The summed E-state index contributed by atoms with van der Waals surface area (Å²) in [5.74, 6) is 0.511. The number of nitrogens with zero attached hydrogens (tertiary/aromatic N) is 1.